The molecular weight excluding hydrogens is 390 g/mol. The minimum atomic E-state index is -0.802. The molecule has 2 aliphatic rings. The number of ketones is 2. The molecule has 5 nitrogen and oxygen atoms in total. The smallest absolute Gasteiger partial charge is 0.336 e. The van der Waals surface area contributed by atoms with E-state index in [1.54, 1.807) is 62.4 Å². The molecule has 1 aliphatic carbocycles. The van der Waals surface area contributed by atoms with Crippen molar-refractivity contribution < 1.29 is 19.1 Å². The van der Waals surface area contributed by atoms with Crippen molar-refractivity contribution in [3.8, 4) is 0 Å². The molecule has 2 aromatic rings. The first-order valence-corrected chi connectivity index (χ1v) is 9.65. The number of ether oxygens (including phenoxy) is 1. The molecule has 1 N–H and O–H groups in total. The fourth-order valence-electron chi connectivity index (χ4n) is 3.91. The lowest BCUT2D eigenvalue weighted by Gasteiger charge is -2.34. The highest BCUT2D eigenvalue weighted by Gasteiger charge is 2.44. The maximum atomic E-state index is 13.5. The average molecular weight is 408 g/mol. The Morgan fingerprint density at radius 1 is 1.03 bits per heavy atom. The van der Waals surface area contributed by atoms with E-state index < -0.39 is 11.9 Å². The summed E-state index contributed by atoms with van der Waals surface area (Å²) in [6.07, 6.45) is 0. The number of carbonyl (C=O) groups excluding carboxylic acids is 3. The van der Waals surface area contributed by atoms with Crippen molar-refractivity contribution in [1.29, 1.82) is 0 Å². The van der Waals surface area contributed by atoms with Crippen LogP contribution in [0.1, 0.15) is 46.0 Å². The highest BCUT2D eigenvalue weighted by molar-refractivity contribution is 6.32. The Morgan fingerprint density at radius 2 is 1.66 bits per heavy atom. The number of hydrogen-bond acceptors (Lipinski definition) is 5. The number of fused-ring (bicyclic) bond motifs is 1. The Morgan fingerprint density at radius 3 is 2.31 bits per heavy atom. The van der Waals surface area contributed by atoms with Gasteiger partial charge in [0.25, 0.3) is 0 Å². The lowest BCUT2D eigenvalue weighted by molar-refractivity contribution is -0.138. The molecule has 29 heavy (non-hydrogen) atoms. The van der Waals surface area contributed by atoms with Gasteiger partial charge in [-0.1, -0.05) is 54.1 Å². The van der Waals surface area contributed by atoms with Crippen molar-refractivity contribution in [1.82, 2.24) is 5.32 Å². The lowest BCUT2D eigenvalue weighted by Crippen LogP contribution is -2.38. The van der Waals surface area contributed by atoms with Crippen LogP contribution >= 0.6 is 11.6 Å². The molecule has 4 rings (SSSR count). The first-order chi connectivity index (χ1) is 14.0. The van der Waals surface area contributed by atoms with Crippen LogP contribution in [0.25, 0.3) is 0 Å². The van der Waals surface area contributed by atoms with Gasteiger partial charge in [0.2, 0.25) is 5.78 Å². The molecule has 0 radical (unpaired) electrons. The van der Waals surface area contributed by atoms with Gasteiger partial charge in [0.05, 0.1) is 23.8 Å². The van der Waals surface area contributed by atoms with Gasteiger partial charge in [-0.05, 0) is 25.5 Å². The number of benzene rings is 2. The minimum Gasteiger partial charge on any atom is -0.463 e. The Kier molecular flexibility index (Phi) is 4.84. The van der Waals surface area contributed by atoms with E-state index in [0.29, 0.717) is 27.4 Å². The number of carbonyl (C=O) groups is 3. The van der Waals surface area contributed by atoms with Gasteiger partial charge in [-0.15, -0.1) is 0 Å². The van der Waals surface area contributed by atoms with E-state index in [9.17, 15) is 14.4 Å². The monoisotopic (exact) mass is 407 g/mol. The van der Waals surface area contributed by atoms with E-state index >= 15 is 0 Å². The summed E-state index contributed by atoms with van der Waals surface area (Å²) < 4.78 is 5.26. The quantitative estimate of drug-likeness (QED) is 0.772. The Labute approximate surface area is 173 Å². The van der Waals surface area contributed by atoms with Crippen molar-refractivity contribution in [3.05, 3.63) is 92.8 Å². The van der Waals surface area contributed by atoms with Crippen LogP contribution < -0.4 is 5.32 Å². The van der Waals surface area contributed by atoms with Crippen LogP contribution in [0.2, 0.25) is 5.02 Å². The molecule has 1 aliphatic heterocycles. The van der Waals surface area contributed by atoms with E-state index in [-0.39, 0.29) is 35.0 Å². The zero-order chi connectivity index (χ0) is 20.7. The molecule has 0 fully saturated rings. The summed E-state index contributed by atoms with van der Waals surface area (Å²) >= 11 is 6.45. The molecule has 0 aromatic heterocycles. The van der Waals surface area contributed by atoms with Crippen LogP contribution in [-0.2, 0) is 9.53 Å². The van der Waals surface area contributed by atoms with Crippen molar-refractivity contribution in [3.63, 3.8) is 0 Å². The van der Waals surface area contributed by atoms with E-state index in [1.807, 2.05) is 0 Å². The van der Waals surface area contributed by atoms with Crippen molar-refractivity contribution in [2.45, 2.75) is 19.8 Å². The van der Waals surface area contributed by atoms with Gasteiger partial charge in [0, 0.05) is 27.4 Å². The second-order valence-electron chi connectivity index (χ2n) is 6.83. The van der Waals surface area contributed by atoms with Gasteiger partial charge in [-0.25, -0.2) is 4.79 Å². The summed E-state index contributed by atoms with van der Waals surface area (Å²) in [7, 11) is 0. The largest absolute Gasteiger partial charge is 0.463 e. The van der Waals surface area contributed by atoms with Crippen molar-refractivity contribution in [2.75, 3.05) is 6.61 Å². The number of nitrogens with one attached hydrogen (secondary N) is 1. The Hall–Kier alpha value is -3.18. The van der Waals surface area contributed by atoms with Crippen LogP contribution in [0.4, 0.5) is 0 Å². The Balaban J connectivity index is 1.98. The first kappa shape index (κ1) is 19.2. The fraction of sp³-hybridized carbons (Fsp3) is 0.174. The van der Waals surface area contributed by atoms with Gasteiger partial charge in [-0.2, -0.15) is 0 Å². The summed E-state index contributed by atoms with van der Waals surface area (Å²) in [5.41, 5.74) is 2.38. The average Bonchev–Trinajstić information content (AvgIpc) is 2.71. The summed E-state index contributed by atoms with van der Waals surface area (Å²) in [4.78, 5) is 39.4. The predicted molar refractivity (Wildman–Crippen MR) is 109 cm³/mol. The number of rotatable bonds is 3. The first-order valence-electron chi connectivity index (χ1n) is 9.27. The normalized spacial score (nSPS) is 18.2. The number of allylic oxidation sites excluding steroid dienone is 3. The van der Waals surface area contributed by atoms with Crippen LogP contribution in [-0.4, -0.2) is 24.1 Å². The summed E-state index contributed by atoms with van der Waals surface area (Å²) in [5.74, 6) is -1.94. The third-order valence-electron chi connectivity index (χ3n) is 5.16. The number of dihydropyridines is 1. The van der Waals surface area contributed by atoms with E-state index in [4.69, 9.17) is 16.3 Å². The number of esters is 1. The molecule has 0 amide bonds. The molecule has 1 unspecified atom stereocenters. The van der Waals surface area contributed by atoms with Crippen molar-refractivity contribution in [2.24, 2.45) is 0 Å². The summed E-state index contributed by atoms with van der Waals surface area (Å²) in [5, 5.41) is 3.40. The molecule has 1 heterocycles. The number of halogens is 1. The molecule has 146 valence electrons. The molecule has 0 spiro atoms. The Bertz CT molecular complexity index is 1130. The third kappa shape index (κ3) is 2.98. The SMILES string of the molecule is CCOC(=O)C1=C(C)NC2=C(C(=O)c3ccccc3C2=O)C1c1ccccc1Cl. The zero-order valence-electron chi connectivity index (χ0n) is 15.9. The van der Waals surface area contributed by atoms with Crippen LogP contribution in [0.3, 0.4) is 0 Å². The molecule has 1 atom stereocenters. The molecule has 0 saturated carbocycles. The van der Waals surface area contributed by atoms with Gasteiger partial charge in [-0.3, -0.25) is 9.59 Å². The second kappa shape index (κ2) is 7.33. The number of Topliss-reactive ketones (excluding diaryl/α,β-unsaturated/α-hetero) is 2. The third-order valence-corrected chi connectivity index (χ3v) is 5.51. The maximum absolute atomic E-state index is 13.5. The van der Waals surface area contributed by atoms with E-state index in [1.165, 1.54) is 0 Å². The van der Waals surface area contributed by atoms with Gasteiger partial charge < -0.3 is 10.1 Å². The van der Waals surface area contributed by atoms with E-state index in [2.05, 4.69) is 5.32 Å². The lowest BCUT2D eigenvalue weighted by atomic mass is 9.73. The van der Waals surface area contributed by atoms with Gasteiger partial charge in [0.1, 0.15) is 0 Å². The maximum Gasteiger partial charge on any atom is 0.336 e. The molecule has 2 aromatic carbocycles. The molecule has 0 bridgehead atoms. The second-order valence-corrected chi connectivity index (χ2v) is 7.24. The highest BCUT2D eigenvalue weighted by atomic mass is 35.5. The van der Waals surface area contributed by atoms with E-state index in [0.717, 1.165) is 0 Å². The van der Waals surface area contributed by atoms with Crippen LogP contribution in [0.5, 0.6) is 0 Å². The highest BCUT2D eigenvalue weighted by Crippen LogP contribution is 2.45. The van der Waals surface area contributed by atoms with Gasteiger partial charge >= 0.3 is 5.97 Å². The van der Waals surface area contributed by atoms with Gasteiger partial charge in [0.15, 0.2) is 5.78 Å². The summed E-state index contributed by atoms with van der Waals surface area (Å²) in [6, 6.07) is 13.7. The van der Waals surface area contributed by atoms with Crippen LogP contribution in [0, 0.1) is 0 Å². The minimum absolute atomic E-state index is 0.184. The summed E-state index contributed by atoms with van der Waals surface area (Å²) in [6.45, 7) is 3.59. The predicted octanol–water partition coefficient (Wildman–Crippen LogP) is 4.20. The topological polar surface area (TPSA) is 72.5 Å². The number of hydrogen-bond donors (Lipinski definition) is 1. The molecular formula is C23H18ClNO4. The standard InChI is InChI=1S/C23H18ClNO4/c1-3-29-23(28)17-12(2)25-20-19(18(17)15-10-6-7-11-16(15)24)21(26)13-8-4-5-9-14(13)22(20)27/h4-11,18,25H,3H2,1-2H3. The van der Waals surface area contributed by atoms with Crippen LogP contribution in [0.15, 0.2) is 71.1 Å². The molecule has 6 heteroatoms. The molecule has 0 saturated heterocycles. The zero-order valence-corrected chi connectivity index (χ0v) is 16.7. The fourth-order valence-corrected chi connectivity index (χ4v) is 4.15. The van der Waals surface area contributed by atoms with Crippen molar-refractivity contribution >= 4 is 29.1 Å².